The predicted molar refractivity (Wildman–Crippen MR) is 95.7 cm³/mol. The lowest BCUT2D eigenvalue weighted by Crippen LogP contribution is -2.50. The highest BCUT2D eigenvalue weighted by molar-refractivity contribution is 6.35. The second kappa shape index (κ2) is 7.28. The van der Waals surface area contributed by atoms with Crippen LogP contribution in [0, 0.1) is 5.82 Å². The number of para-hydroxylation sites is 1. The molecule has 2 amide bonds. The molecule has 0 radical (unpaired) electrons. The van der Waals surface area contributed by atoms with E-state index in [-0.39, 0.29) is 11.8 Å². The number of carbonyl (C=O) groups is 1. The molecule has 1 aliphatic rings. The molecule has 0 aromatic heterocycles. The standard InChI is InChI=1S/C17H16Cl2FN3O/c18-12-9-13(19)11-14(10-12)21-17(24)23-7-5-22(6-8-23)16-4-2-1-3-15(16)20/h1-4,9-11H,5-8H2,(H,21,24). The van der Waals surface area contributed by atoms with Gasteiger partial charge in [-0.15, -0.1) is 0 Å². The number of carbonyl (C=O) groups excluding carboxylic acids is 1. The fourth-order valence-electron chi connectivity index (χ4n) is 2.69. The maximum Gasteiger partial charge on any atom is 0.321 e. The predicted octanol–water partition coefficient (Wildman–Crippen LogP) is 4.49. The fourth-order valence-corrected chi connectivity index (χ4v) is 3.21. The summed E-state index contributed by atoms with van der Waals surface area (Å²) in [5.74, 6) is -0.246. The molecule has 0 atom stereocenters. The van der Waals surface area contributed by atoms with E-state index in [4.69, 9.17) is 23.2 Å². The van der Waals surface area contributed by atoms with Gasteiger partial charge in [-0.3, -0.25) is 0 Å². The zero-order valence-electron chi connectivity index (χ0n) is 12.8. The van der Waals surface area contributed by atoms with Crippen molar-refractivity contribution in [1.29, 1.82) is 0 Å². The van der Waals surface area contributed by atoms with Crippen LogP contribution < -0.4 is 10.2 Å². The van der Waals surface area contributed by atoms with E-state index in [1.54, 1.807) is 41.3 Å². The molecule has 2 aromatic rings. The third-order valence-corrected chi connectivity index (χ3v) is 4.31. The van der Waals surface area contributed by atoms with E-state index >= 15 is 0 Å². The Kier molecular flexibility index (Phi) is 5.11. The molecule has 4 nitrogen and oxygen atoms in total. The average Bonchev–Trinajstić information content (AvgIpc) is 2.54. The lowest BCUT2D eigenvalue weighted by molar-refractivity contribution is 0.208. The van der Waals surface area contributed by atoms with Gasteiger partial charge in [-0.2, -0.15) is 0 Å². The summed E-state index contributed by atoms with van der Waals surface area (Å²) < 4.78 is 13.8. The summed E-state index contributed by atoms with van der Waals surface area (Å²) in [7, 11) is 0. The number of urea groups is 1. The zero-order chi connectivity index (χ0) is 17.1. The number of hydrogen-bond donors (Lipinski definition) is 1. The number of halogens is 3. The number of nitrogens with one attached hydrogen (secondary N) is 1. The Morgan fingerprint density at radius 3 is 2.25 bits per heavy atom. The first-order chi connectivity index (χ1) is 11.5. The highest BCUT2D eigenvalue weighted by Crippen LogP contribution is 2.23. The van der Waals surface area contributed by atoms with Crippen molar-refractivity contribution in [3.63, 3.8) is 0 Å². The van der Waals surface area contributed by atoms with Gasteiger partial charge in [0.15, 0.2) is 0 Å². The van der Waals surface area contributed by atoms with Crippen molar-refractivity contribution in [3.8, 4) is 0 Å². The molecule has 7 heteroatoms. The van der Waals surface area contributed by atoms with Crippen LogP contribution in [0.25, 0.3) is 0 Å². The van der Waals surface area contributed by atoms with Crippen molar-refractivity contribution >= 4 is 40.6 Å². The van der Waals surface area contributed by atoms with Gasteiger partial charge in [0.1, 0.15) is 5.82 Å². The highest BCUT2D eigenvalue weighted by Gasteiger charge is 2.22. The molecule has 0 saturated carbocycles. The maximum atomic E-state index is 13.8. The van der Waals surface area contributed by atoms with Gasteiger partial charge in [-0.1, -0.05) is 35.3 Å². The molecule has 0 bridgehead atoms. The topological polar surface area (TPSA) is 35.6 Å². The quantitative estimate of drug-likeness (QED) is 0.848. The molecule has 2 aromatic carbocycles. The minimum Gasteiger partial charge on any atom is -0.366 e. The van der Waals surface area contributed by atoms with Crippen molar-refractivity contribution < 1.29 is 9.18 Å². The molecule has 1 heterocycles. The number of piperazine rings is 1. The smallest absolute Gasteiger partial charge is 0.321 e. The van der Waals surface area contributed by atoms with Crippen molar-refractivity contribution in [2.24, 2.45) is 0 Å². The van der Waals surface area contributed by atoms with Crippen LogP contribution in [-0.2, 0) is 0 Å². The van der Waals surface area contributed by atoms with Crippen LogP contribution in [0.15, 0.2) is 42.5 Å². The summed E-state index contributed by atoms with van der Waals surface area (Å²) in [5, 5.41) is 3.71. The van der Waals surface area contributed by atoms with Crippen molar-refractivity contribution in [1.82, 2.24) is 4.90 Å². The molecule has 1 fully saturated rings. The number of benzene rings is 2. The first-order valence-corrected chi connectivity index (χ1v) is 8.30. The van der Waals surface area contributed by atoms with Gasteiger partial charge >= 0.3 is 6.03 Å². The Morgan fingerprint density at radius 1 is 1.00 bits per heavy atom. The lowest BCUT2D eigenvalue weighted by Gasteiger charge is -2.36. The van der Waals surface area contributed by atoms with Gasteiger partial charge in [-0.05, 0) is 30.3 Å². The van der Waals surface area contributed by atoms with Crippen LogP contribution in [-0.4, -0.2) is 37.1 Å². The van der Waals surface area contributed by atoms with Gasteiger partial charge in [0.25, 0.3) is 0 Å². The van der Waals surface area contributed by atoms with Crippen LogP contribution in [0.1, 0.15) is 0 Å². The summed E-state index contributed by atoms with van der Waals surface area (Å²) in [4.78, 5) is 16.0. The van der Waals surface area contributed by atoms with Crippen LogP contribution >= 0.6 is 23.2 Å². The molecule has 0 unspecified atom stereocenters. The minimum absolute atomic E-state index is 0.221. The van der Waals surface area contributed by atoms with Crippen LogP contribution in [0.4, 0.5) is 20.6 Å². The Morgan fingerprint density at radius 2 is 1.62 bits per heavy atom. The maximum absolute atomic E-state index is 13.8. The molecule has 3 rings (SSSR count). The van der Waals surface area contributed by atoms with Gasteiger partial charge in [-0.25, -0.2) is 9.18 Å². The van der Waals surface area contributed by atoms with E-state index < -0.39 is 0 Å². The summed E-state index contributed by atoms with van der Waals surface area (Å²) in [6, 6.07) is 11.3. The van der Waals surface area contributed by atoms with Gasteiger partial charge in [0.05, 0.1) is 5.69 Å². The number of amides is 2. The van der Waals surface area contributed by atoms with Gasteiger partial charge < -0.3 is 15.1 Å². The Hall–Kier alpha value is -1.98. The molecule has 1 saturated heterocycles. The van der Waals surface area contributed by atoms with E-state index in [9.17, 15) is 9.18 Å². The summed E-state index contributed by atoms with van der Waals surface area (Å²) in [5.41, 5.74) is 1.12. The third-order valence-electron chi connectivity index (χ3n) is 3.87. The molecular formula is C17H16Cl2FN3O. The second-order valence-electron chi connectivity index (χ2n) is 5.51. The molecule has 0 spiro atoms. The summed E-state index contributed by atoms with van der Waals surface area (Å²) in [6.07, 6.45) is 0. The van der Waals surface area contributed by atoms with E-state index in [1.165, 1.54) is 6.07 Å². The van der Waals surface area contributed by atoms with Gasteiger partial charge in [0.2, 0.25) is 0 Å². The van der Waals surface area contributed by atoms with Crippen molar-refractivity contribution in [2.45, 2.75) is 0 Å². The van der Waals surface area contributed by atoms with Crippen molar-refractivity contribution in [3.05, 3.63) is 58.3 Å². The monoisotopic (exact) mass is 367 g/mol. The zero-order valence-corrected chi connectivity index (χ0v) is 14.3. The summed E-state index contributed by atoms with van der Waals surface area (Å²) in [6.45, 7) is 2.16. The minimum atomic E-state index is -0.246. The molecule has 1 N–H and O–H groups in total. The average molecular weight is 368 g/mol. The first-order valence-electron chi connectivity index (χ1n) is 7.54. The van der Waals surface area contributed by atoms with E-state index in [1.807, 2.05) is 4.90 Å². The van der Waals surface area contributed by atoms with Crippen LogP contribution in [0.3, 0.4) is 0 Å². The number of rotatable bonds is 2. The largest absolute Gasteiger partial charge is 0.366 e. The first kappa shape index (κ1) is 16.9. The van der Waals surface area contributed by atoms with Crippen LogP contribution in [0.5, 0.6) is 0 Å². The molecule has 1 aliphatic heterocycles. The number of anilines is 2. The normalized spacial score (nSPS) is 14.6. The van der Waals surface area contributed by atoms with E-state index in [0.717, 1.165) is 0 Å². The van der Waals surface area contributed by atoms with E-state index in [2.05, 4.69) is 5.32 Å². The number of hydrogen-bond acceptors (Lipinski definition) is 2. The molecule has 126 valence electrons. The number of nitrogens with zero attached hydrogens (tertiary/aromatic N) is 2. The Bertz CT molecular complexity index is 728. The van der Waals surface area contributed by atoms with E-state index in [0.29, 0.717) is 47.6 Å². The third kappa shape index (κ3) is 3.91. The molecule has 24 heavy (non-hydrogen) atoms. The van der Waals surface area contributed by atoms with Crippen molar-refractivity contribution in [2.75, 3.05) is 36.4 Å². The van der Waals surface area contributed by atoms with Crippen LogP contribution in [0.2, 0.25) is 10.0 Å². The fraction of sp³-hybridized carbons (Fsp3) is 0.235. The van der Waals surface area contributed by atoms with Gasteiger partial charge in [0, 0.05) is 41.9 Å². The second-order valence-corrected chi connectivity index (χ2v) is 6.39. The Labute approximate surface area is 149 Å². The SMILES string of the molecule is O=C(Nc1cc(Cl)cc(Cl)c1)N1CCN(c2ccccc2F)CC1. The summed E-state index contributed by atoms with van der Waals surface area (Å²) >= 11 is 11.9. The molecular weight excluding hydrogens is 352 g/mol. The Balaban J connectivity index is 1.60. The molecule has 0 aliphatic carbocycles. The lowest BCUT2D eigenvalue weighted by atomic mass is 10.2. The highest BCUT2D eigenvalue weighted by atomic mass is 35.5.